The van der Waals surface area contributed by atoms with Gasteiger partial charge in [-0.25, -0.2) is 5.43 Å². The van der Waals surface area contributed by atoms with E-state index < -0.39 is 41.2 Å². The molecule has 13 nitrogen and oxygen atoms in total. The number of fused-ring (bicyclic) bond motifs is 6. The quantitative estimate of drug-likeness (QED) is 0.144. The van der Waals surface area contributed by atoms with Gasteiger partial charge in [0.15, 0.2) is 0 Å². The first kappa shape index (κ1) is 40.1. The first-order chi connectivity index (χ1) is 26.7. The van der Waals surface area contributed by atoms with Gasteiger partial charge >= 0.3 is 5.97 Å². The highest BCUT2D eigenvalue weighted by molar-refractivity contribution is 6.00. The van der Waals surface area contributed by atoms with Crippen molar-refractivity contribution in [2.24, 2.45) is 5.41 Å². The molecule has 296 valence electrons. The van der Waals surface area contributed by atoms with Gasteiger partial charge in [0.25, 0.3) is 11.8 Å². The average Bonchev–Trinajstić information content (AvgIpc) is 3.46. The smallest absolute Gasteiger partial charge is 0.324 e. The van der Waals surface area contributed by atoms with Gasteiger partial charge in [0.1, 0.15) is 23.5 Å². The summed E-state index contributed by atoms with van der Waals surface area (Å²) in [5.41, 5.74) is 10.4. The van der Waals surface area contributed by atoms with Crippen molar-refractivity contribution in [1.82, 2.24) is 30.6 Å². The molecule has 1 fully saturated rings. The number of methoxy groups -OCH3 is 1. The number of pyridine rings is 1. The zero-order chi connectivity index (χ0) is 40.3. The molecule has 0 spiro atoms. The van der Waals surface area contributed by atoms with Crippen LogP contribution in [0, 0.1) is 5.41 Å². The molecule has 0 unspecified atom stereocenters. The van der Waals surface area contributed by atoms with Crippen LogP contribution in [0.4, 0.5) is 0 Å². The number of carbonyl (C=O) groups excluding carboxylic acids is 4. The molecule has 0 radical (unpaired) electrons. The largest absolute Gasteiger partial charge is 0.508 e. The lowest BCUT2D eigenvalue weighted by atomic mass is 9.84. The second-order valence-corrected chi connectivity index (χ2v) is 15.7. The Morgan fingerprint density at radius 3 is 2.59 bits per heavy atom. The summed E-state index contributed by atoms with van der Waals surface area (Å²) in [4.78, 5) is 58.1. The molecule has 0 aliphatic carbocycles. The highest BCUT2D eigenvalue weighted by atomic mass is 16.5. The number of ether oxygens (including phenoxy) is 2. The number of phenols is 1. The van der Waals surface area contributed by atoms with Crippen LogP contribution in [0.25, 0.3) is 33.3 Å². The van der Waals surface area contributed by atoms with Crippen LogP contribution in [-0.2, 0) is 54.6 Å². The van der Waals surface area contributed by atoms with Gasteiger partial charge < -0.3 is 29.8 Å². The molecule has 3 amide bonds. The topological polar surface area (TPSA) is 164 Å². The molecule has 0 saturated carbocycles. The van der Waals surface area contributed by atoms with Gasteiger partial charge in [-0.3, -0.25) is 29.2 Å². The maximum absolute atomic E-state index is 14.3. The predicted octanol–water partition coefficient (Wildman–Crippen LogP) is 5.32. The number of benzene rings is 2. The van der Waals surface area contributed by atoms with Crippen molar-refractivity contribution in [3.8, 4) is 28.1 Å². The number of cyclic esters (lactones) is 1. The number of phenolic OH excluding ortho intramolecular Hbond substituents is 1. The fourth-order valence-electron chi connectivity index (χ4n) is 7.75. The van der Waals surface area contributed by atoms with Crippen LogP contribution in [0.1, 0.15) is 71.1 Å². The van der Waals surface area contributed by atoms with E-state index >= 15 is 0 Å². The number of hydrogen-bond acceptors (Lipinski definition) is 9. The lowest BCUT2D eigenvalue weighted by molar-refractivity contribution is -0.155. The minimum absolute atomic E-state index is 0.000547. The van der Waals surface area contributed by atoms with Crippen LogP contribution in [-0.4, -0.2) is 75.7 Å². The number of rotatable bonds is 7. The van der Waals surface area contributed by atoms with Crippen LogP contribution in [0.5, 0.6) is 5.75 Å². The number of aromatic nitrogens is 2. The number of nitrogens with zero attached hydrogens (tertiary/aromatic N) is 3. The third kappa shape index (κ3) is 8.63. The Morgan fingerprint density at radius 1 is 1.09 bits per heavy atom. The van der Waals surface area contributed by atoms with Crippen molar-refractivity contribution in [1.29, 1.82) is 0 Å². The van der Waals surface area contributed by atoms with Crippen LogP contribution in [0.2, 0.25) is 0 Å². The van der Waals surface area contributed by atoms with E-state index in [2.05, 4.69) is 58.5 Å². The van der Waals surface area contributed by atoms with Gasteiger partial charge in [-0.15, -0.1) is 0 Å². The summed E-state index contributed by atoms with van der Waals surface area (Å²) in [6, 6.07) is 11.4. The summed E-state index contributed by atoms with van der Waals surface area (Å²) in [5, 5.41) is 18.9. The van der Waals surface area contributed by atoms with E-state index in [1.807, 2.05) is 24.4 Å². The van der Waals surface area contributed by atoms with E-state index in [9.17, 15) is 24.3 Å². The first-order valence-corrected chi connectivity index (χ1v) is 19.1. The zero-order valence-electron chi connectivity index (χ0n) is 33.2. The fourth-order valence-corrected chi connectivity index (χ4v) is 7.75. The molecular weight excluding hydrogens is 713 g/mol. The van der Waals surface area contributed by atoms with E-state index in [-0.39, 0.29) is 24.5 Å². The van der Waals surface area contributed by atoms with Crippen LogP contribution < -0.4 is 16.1 Å². The summed E-state index contributed by atoms with van der Waals surface area (Å²) in [7, 11) is 1.67. The molecular formula is C43H52N6O7. The summed E-state index contributed by atoms with van der Waals surface area (Å²) >= 11 is 0. The number of aromatic hydroxyl groups is 1. The monoisotopic (exact) mass is 764 g/mol. The van der Waals surface area contributed by atoms with Crippen molar-refractivity contribution < 1.29 is 33.8 Å². The van der Waals surface area contributed by atoms with E-state index in [0.29, 0.717) is 50.1 Å². The highest BCUT2D eigenvalue weighted by Gasteiger charge is 2.35. The van der Waals surface area contributed by atoms with Crippen molar-refractivity contribution in [2.45, 2.75) is 92.5 Å². The van der Waals surface area contributed by atoms with E-state index in [0.717, 1.165) is 44.4 Å². The number of carbonyl (C=O) groups is 4. The van der Waals surface area contributed by atoms with Crippen LogP contribution >= 0.6 is 0 Å². The van der Waals surface area contributed by atoms with Gasteiger partial charge in [-0.1, -0.05) is 26.0 Å². The summed E-state index contributed by atoms with van der Waals surface area (Å²) in [6.07, 6.45) is 5.20. The SMILES string of the molecule is CCn1c(-c2cnccc2COC)c2c3cc(ccc31)-c1cc(O)cc(c1)C[C@H](NC(=O)C(NC(C)=O)=C(C)C)C(=O)N1CCC[C@H](N1)C(=O)OCC(C)(C)C2. The van der Waals surface area contributed by atoms with Gasteiger partial charge in [0.05, 0.1) is 18.9 Å². The molecule has 4 N–H and O–H groups in total. The van der Waals surface area contributed by atoms with Crippen molar-refractivity contribution in [3.05, 3.63) is 82.8 Å². The summed E-state index contributed by atoms with van der Waals surface area (Å²) < 4.78 is 13.9. The van der Waals surface area contributed by atoms with Crippen molar-refractivity contribution in [2.75, 3.05) is 20.3 Å². The van der Waals surface area contributed by atoms with E-state index in [4.69, 9.17) is 9.47 Å². The number of hydrogen-bond donors (Lipinski definition) is 4. The number of hydrazine groups is 1. The molecule has 2 aliphatic heterocycles. The average molecular weight is 765 g/mol. The Kier molecular flexibility index (Phi) is 12.0. The number of aryl methyl sites for hydroxylation is 1. The Balaban J connectivity index is 1.53. The molecule has 2 aromatic heterocycles. The third-order valence-electron chi connectivity index (χ3n) is 10.3. The van der Waals surface area contributed by atoms with Crippen LogP contribution in [0.3, 0.4) is 0 Å². The Labute approximate surface area is 327 Å². The second kappa shape index (κ2) is 16.7. The Bertz CT molecular complexity index is 2200. The highest BCUT2D eigenvalue weighted by Crippen LogP contribution is 2.41. The van der Waals surface area contributed by atoms with Gasteiger partial charge in [0, 0.05) is 67.8 Å². The molecule has 4 aromatic rings. The molecule has 6 rings (SSSR count). The summed E-state index contributed by atoms with van der Waals surface area (Å²) in [5.74, 6) is -2.00. The van der Waals surface area contributed by atoms with Crippen molar-refractivity contribution in [3.63, 3.8) is 0 Å². The van der Waals surface area contributed by atoms with E-state index in [1.54, 1.807) is 39.3 Å². The molecule has 2 aliphatic rings. The number of allylic oxidation sites excluding steroid dienone is 1. The summed E-state index contributed by atoms with van der Waals surface area (Å²) in [6.45, 7) is 12.4. The maximum atomic E-state index is 14.3. The van der Waals surface area contributed by atoms with Gasteiger partial charge in [0.2, 0.25) is 5.91 Å². The van der Waals surface area contributed by atoms with E-state index in [1.165, 1.54) is 11.9 Å². The molecule has 13 heteroatoms. The lowest BCUT2D eigenvalue weighted by Crippen LogP contribution is -2.60. The van der Waals surface area contributed by atoms with Crippen LogP contribution in [0.15, 0.2) is 66.1 Å². The fraction of sp³-hybridized carbons (Fsp3) is 0.419. The molecule has 56 heavy (non-hydrogen) atoms. The standard InChI is InChI=1S/C43H52N6O7/c1-8-48-37-12-11-28-20-32(37)33(39(48)34-22-44-14-13-29(34)23-55-7)21-43(5,6)24-56-42(54)35-10-9-15-49(47-35)41(53)36(18-27-16-30(28)19-31(51)17-27)46-40(52)38(25(2)3)45-26(4)50/h11-14,16-17,19-20,22,35-36,47,51H,8-10,15,18,21,23-24H2,1-7H3,(H,45,50)(H,46,52)/t35-,36-/m0/s1. The Hall–Kier alpha value is -5.53. The van der Waals surface area contributed by atoms with Crippen molar-refractivity contribution >= 4 is 34.6 Å². The molecule has 1 saturated heterocycles. The molecule has 6 bridgehead atoms. The Morgan fingerprint density at radius 2 is 1.88 bits per heavy atom. The lowest BCUT2D eigenvalue weighted by Gasteiger charge is -2.35. The second-order valence-electron chi connectivity index (χ2n) is 15.7. The number of esters is 1. The first-order valence-electron chi connectivity index (χ1n) is 19.1. The maximum Gasteiger partial charge on any atom is 0.324 e. The molecule has 2 atom stereocenters. The molecule has 2 aromatic carbocycles. The number of nitrogens with one attached hydrogen (secondary N) is 3. The minimum Gasteiger partial charge on any atom is -0.508 e. The van der Waals surface area contributed by atoms with Gasteiger partial charge in [-0.05, 0) is 104 Å². The number of amides is 3. The predicted molar refractivity (Wildman–Crippen MR) is 213 cm³/mol. The normalized spacial score (nSPS) is 18.5. The zero-order valence-corrected chi connectivity index (χ0v) is 33.2. The minimum atomic E-state index is -1.13. The third-order valence-corrected chi connectivity index (χ3v) is 10.3. The van der Waals surface area contributed by atoms with Gasteiger partial charge in [-0.2, -0.15) is 0 Å². The molecule has 4 heterocycles.